The quantitative estimate of drug-likeness (QED) is 0.878. The molecule has 0 saturated carbocycles. The topological polar surface area (TPSA) is 43.4 Å². The molecule has 1 atom stereocenters. The van der Waals surface area contributed by atoms with Crippen LogP contribution in [0.2, 0.25) is 0 Å². The van der Waals surface area contributed by atoms with Gasteiger partial charge in [0.1, 0.15) is 11.5 Å². The van der Waals surface area contributed by atoms with E-state index in [0.29, 0.717) is 0 Å². The van der Waals surface area contributed by atoms with Gasteiger partial charge in [-0.1, -0.05) is 19.1 Å². The number of hydrogen-bond donors (Lipinski definition) is 1. The smallest absolute Gasteiger partial charge is 0.137 e. The van der Waals surface area contributed by atoms with Gasteiger partial charge in [0.2, 0.25) is 0 Å². The number of pyridine rings is 1. The van der Waals surface area contributed by atoms with Gasteiger partial charge in [0.05, 0.1) is 26.5 Å². The third-order valence-electron chi connectivity index (χ3n) is 3.16. The van der Waals surface area contributed by atoms with Crippen molar-refractivity contribution in [2.75, 3.05) is 20.8 Å². The van der Waals surface area contributed by atoms with Crippen LogP contribution in [0.3, 0.4) is 0 Å². The molecule has 1 unspecified atom stereocenters. The van der Waals surface area contributed by atoms with Gasteiger partial charge in [-0.05, 0) is 35.9 Å². The summed E-state index contributed by atoms with van der Waals surface area (Å²) in [6.07, 6.45) is 3.57. The third kappa shape index (κ3) is 3.27. The number of nitrogens with zero attached hydrogens (tertiary/aromatic N) is 1. The van der Waals surface area contributed by atoms with Gasteiger partial charge in [0, 0.05) is 6.20 Å². The Morgan fingerprint density at radius 2 is 1.70 bits per heavy atom. The maximum Gasteiger partial charge on any atom is 0.137 e. The zero-order valence-corrected chi connectivity index (χ0v) is 12.1. The summed E-state index contributed by atoms with van der Waals surface area (Å²) in [5, 5.41) is 3.47. The standard InChI is InChI=1S/C16H20N2O2/c1-4-18-16(12-5-7-14(19-2)8-6-12)13-9-15(20-3)11-17-10-13/h5-11,16,18H,4H2,1-3H3. The molecule has 106 valence electrons. The number of ether oxygens (including phenoxy) is 2. The van der Waals surface area contributed by atoms with Crippen molar-refractivity contribution in [1.29, 1.82) is 0 Å². The summed E-state index contributed by atoms with van der Waals surface area (Å²) < 4.78 is 10.4. The second-order valence-corrected chi connectivity index (χ2v) is 4.42. The van der Waals surface area contributed by atoms with Crippen LogP contribution in [-0.4, -0.2) is 25.7 Å². The molecule has 0 aliphatic rings. The number of rotatable bonds is 6. The van der Waals surface area contributed by atoms with Crippen LogP contribution in [-0.2, 0) is 0 Å². The molecule has 1 aromatic carbocycles. The Hall–Kier alpha value is -2.07. The first-order valence-electron chi connectivity index (χ1n) is 6.64. The second kappa shape index (κ2) is 6.91. The van der Waals surface area contributed by atoms with E-state index in [9.17, 15) is 0 Å². The molecule has 0 amide bonds. The highest BCUT2D eigenvalue weighted by molar-refractivity contribution is 5.36. The average molecular weight is 272 g/mol. The monoisotopic (exact) mass is 272 g/mol. The first-order chi connectivity index (χ1) is 9.78. The van der Waals surface area contributed by atoms with Crippen molar-refractivity contribution in [2.45, 2.75) is 13.0 Å². The van der Waals surface area contributed by atoms with E-state index in [-0.39, 0.29) is 6.04 Å². The molecule has 1 N–H and O–H groups in total. The zero-order valence-electron chi connectivity index (χ0n) is 12.1. The molecular weight excluding hydrogens is 252 g/mol. The van der Waals surface area contributed by atoms with Crippen LogP contribution >= 0.6 is 0 Å². The summed E-state index contributed by atoms with van der Waals surface area (Å²) in [6, 6.07) is 10.1. The van der Waals surface area contributed by atoms with Gasteiger partial charge in [0.15, 0.2) is 0 Å². The fourth-order valence-electron chi connectivity index (χ4n) is 2.13. The Morgan fingerprint density at radius 1 is 1.00 bits per heavy atom. The van der Waals surface area contributed by atoms with Gasteiger partial charge in [-0.3, -0.25) is 4.98 Å². The van der Waals surface area contributed by atoms with Crippen molar-refractivity contribution < 1.29 is 9.47 Å². The van der Waals surface area contributed by atoms with Crippen molar-refractivity contribution in [2.24, 2.45) is 0 Å². The summed E-state index contributed by atoms with van der Waals surface area (Å²) in [7, 11) is 3.32. The van der Waals surface area contributed by atoms with Crippen LogP contribution in [0.1, 0.15) is 24.1 Å². The van der Waals surface area contributed by atoms with Gasteiger partial charge in [-0.15, -0.1) is 0 Å². The molecule has 0 spiro atoms. The minimum Gasteiger partial charge on any atom is -0.497 e. The van der Waals surface area contributed by atoms with Crippen LogP contribution < -0.4 is 14.8 Å². The van der Waals surface area contributed by atoms with E-state index in [4.69, 9.17) is 9.47 Å². The Labute approximate surface area is 119 Å². The lowest BCUT2D eigenvalue weighted by molar-refractivity contribution is 0.411. The van der Waals surface area contributed by atoms with Gasteiger partial charge >= 0.3 is 0 Å². The molecule has 0 fully saturated rings. The van der Waals surface area contributed by atoms with Gasteiger partial charge < -0.3 is 14.8 Å². The van der Waals surface area contributed by atoms with Crippen LogP contribution in [0.15, 0.2) is 42.7 Å². The number of methoxy groups -OCH3 is 2. The van der Waals surface area contributed by atoms with Crippen molar-refractivity contribution in [3.8, 4) is 11.5 Å². The lowest BCUT2D eigenvalue weighted by Crippen LogP contribution is -2.22. The van der Waals surface area contributed by atoms with E-state index >= 15 is 0 Å². The highest BCUT2D eigenvalue weighted by atomic mass is 16.5. The van der Waals surface area contributed by atoms with Crippen LogP contribution in [0.4, 0.5) is 0 Å². The predicted octanol–water partition coefficient (Wildman–Crippen LogP) is 2.80. The molecule has 2 aromatic rings. The third-order valence-corrected chi connectivity index (χ3v) is 3.16. The number of aromatic nitrogens is 1. The summed E-state index contributed by atoms with van der Waals surface area (Å²) in [5.74, 6) is 1.62. The fraction of sp³-hybridized carbons (Fsp3) is 0.312. The molecule has 0 bridgehead atoms. The predicted molar refractivity (Wildman–Crippen MR) is 79.3 cm³/mol. The Bertz CT molecular complexity index is 540. The lowest BCUT2D eigenvalue weighted by atomic mass is 10.00. The summed E-state index contributed by atoms with van der Waals surface area (Å²) in [5.41, 5.74) is 2.25. The van der Waals surface area contributed by atoms with Crippen molar-refractivity contribution in [1.82, 2.24) is 10.3 Å². The van der Waals surface area contributed by atoms with Crippen LogP contribution in [0.25, 0.3) is 0 Å². The van der Waals surface area contributed by atoms with E-state index in [1.807, 2.05) is 24.4 Å². The van der Waals surface area contributed by atoms with E-state index < -0.39 is 0 Å². The molecule has 20 heavy (non-hydrogen) atoms. The Balaban J connectivity index is 2.33. The van der Waals surface area contributed by atoms with Gasteiger partial charge in [-0.25, -0.2) is 0 Å². The highest BCUT2D eigenvalue weighted by Crippen LogP contribution is 2.25. The zero-order chi connectivity index (χ0) is 14.4. The summed E-state index contributed by atoms with van der Waals surface area (Å²) >= 11 is 0. The number of hydrogen-bond acceptors (Lipinski definition) is 4. The Kier molecular flexibility index (Phi) is 4.96. The minimum atomic E-state index is 0.0912. The Morgan fingerprint density at radius 3 is 2.30 bits per heavy atom. The maximum atomic E-state index is 5.25. The number of nitrogens with one attached hydrogen (secondary N) is 1. The van der Waals surface area contributed by atoms with Crippen LogP contribution in [0, 0.1) is 0 Å². The fourth-order valence-corrected chi connectivity index (χ4v) is 2.13. The SMILES string of the molecule is CCNC(c1ccc(OC)cc1)c1cncc(OC)c1. The first kappa shape index (κ1) is 14.3. The molecule has 0 saturated heterocycles. The van der Waals surface area contributed by atoms with Crippen LogP contribution in [0.5, 0.6) is 11.5 Å². The first-order valence-corrected chi connectivity index (χ1v) is 6.64. The lowest BCUT2D eigenvalue weighted by Gasteiger charge is -2.19. The minimum absolute atomic E-state index is 0.0912. The molecule has 1 heterocycles. The highest BCUT2D eigenvalue weighted by Gasteiger charge is 2.14. The van der Waals surface area contributed by atoms with Crippen molar-refractivity contribution in [3.63, 3.8) is 0 Å². The van der Waals surface area contributed by atoms with E-state index in [1.54, 1.807) is 20.4 Å². The second-order valence-electron chi connectivity index (χ2n) is 4.42. The average Bonchev–Trinajstić information content (AvgIpc) is 2.53. The summed E-state index contributed by atoms with van der Waals surface area (Å²) in [4.78, 5) is 4.23. The number of benzene rings is 1. The maximum absolute atomic E-state index is 5.25. The largest absolute Gasteiger partial charge is 0.497 e. The summed E-state index contributed by atoms with van der Waals surface area (Å²) in [6.45, 7) is 2.96. The van der Waals surface area contributed by atoms with Crippen molar-refractivity contribution >= 4 is 0 Å². The normalized spacial score (nSPS) is 11.9. The van der Waals surface area contributed by atoms with Gasteiger partial charge in [-0.2, -0.15) is 0 Å². The van der Waals surface area contributed by atoms with E-state index in [1.165, 1.54) is 5.56 Å². The molecule has 4 nitrogen and oxygen atoms in total. The molecule has 4 heteroatoms. The molecule has 0 radical (unpaired) electrons. The molecule has 0 aliphatic carbocycles. The van der Waals surface area contributed by atoms with E-state index in [0.717, 1.165) is 23.6 Å². The van der Waals surface area contributed by atoms with E-state index in [2.05, 4.69) is 29.4 Å². The molecule has 1 aromatic heterocycles. The van der Waals surface area contributed by atoms with Gasteiger partial charge in [0.25, 0.3) is 0 Å². The molecular formula is C16H20N2O2. The molecule has 0 aliphatic heterocycles. The molecule has 2 rings (SSSR count). The van der Waals surface area contributed by atoms with Crippen molar-refractivity contribution in [3.05, 3.63) is 53.9 Å².